The lowest BCUT2D eigenvalue weighted by atomic mass is 10.1. The van der Waals surface area contributed by atoms with Crippen molar-refractivity contribution in [3.63, 3.8) is 0 Å². The van der Waals surface area contributed by atoms with Gasteiger partial charge in [0.05, 0.1) is 19.8 Å². The molecule has 18 heavy (non-hydrogen) atoms. The first kappa shape index (κ1) is 13.3. The van der Waals surface area contributed by atoms with Gasteiger partial charge < -0.3 is 15.2 Å². The molecule has 0 bridgehead atoms. The van der Waals surface area contributed by atoms with Crippen LogP contribution in [0.25, 0.3) is 0 Å². The van der Waals surface area contributed by atoms with Crippen LogP contribution < -0.4 is 10.5 Å². The van der Waals surface area contributed by atoms with Gasteiger partial charge in [-0.15, -0.1) is 0 Å². The molecule has 2 unspecified atom stereocenters. The lowest BCUT2D eigenvalue weighted by Crippen LogP contribution is -2.46. The summed E-state index contributed by atoms with van der Waals surface area (Å²) >= 11 is 0. The van der Waals surface area contributed by atoms with Crippen LogP contribution in [-0.2, 0) is 4.74 Å². The highest BCUT2D eigenvalue weighted by Gasteiger charge is 2.24. The molecule has 1 fully saturated rings. The summed E-state index contributed by atoms with van der Waals surface area (Å²) in [5, 5.41) is 0. The van der Waals surface area contributed by atoms with Gasteiger partial charge in [0, 0.05) is 25.7 Å². The van der Waals surface area contributed by atoms with Crippen molar-refractivity contribution in [2.45, 2.75) is 19.1 Å². The van der Waals surface area contributed by atoms with Gasteiger partial charge in [-0.1, -0.05) is 12.1 Å². The molecule has 1 aromatic rings. The van der Waals surface area contributed by atoms with E-state index in [0.717, 1.165) is 25.4 Å². The topological polar surface area (TPSA) is 47.7 Å². The highest BCUT2D eigenvalue weighted by molar-refractivity contribution is 5.30. The predicted octanol–water partition coefficient (Wildman–Crippen LogP) is 1.42. The molecule has 0 amide bonds. The Hall–Kier alpha value is -1.10. The molecule has 4 heteroatoms. The van der Waals surface area contributed by atoms with Crippen LogP contribution in [0.15, 0.2) is 24.3 Å². The van der Waals surface area contributed by atoms with Crippen LogP contribution in [0.5, 0.6) is 5.75 Å². The van der Waals surface area contributed by atoms with Gasteiger partial charge >= 0.3 is 0 Å². The molecule has 1 aliphatic rings. The van der Waals surface area contributed by atoms with E-state index in [0.29, 0.717) is 12.6 Å². The van der Waals surface area contributed by atoms with Gasteiger partial charge in [-0.25, -0.2) is 0 Å². The average Bonchev–Trinajstić information content (AvgIpc) is 2.46. The van der Waals surface area contributed by atoms with E-state index in [2.05, 4.69) is 24.0 Å². The van der Waals surface area contributed by atoms with Crippen molar-refractivity contribution >= 4 is 0 Å². The number of morpholine rings is 1. The van der Waals surface area contributed by atoms with Gasteiger partial charge in [-0.3, -0.25) is 4.90 Å². The molecule has 1 aromatic carbocycles. The van der Waals surface area contributed by atoms with Crippen LogP contribution in [0.2, 0.25) is 0 Å². The minimum Gasteiger partial charge on any atom is -0.497 e. The molecule has 0 radical (unpaired) electrons. The zero-order chi connectivity index (χ0) is 13.0. The summed E-state index contributed by atoms with van der Waals surface area (Å²) in [5.41, 5.74) is 6.95. The van der Waals surface area contributed by atoms with Crippen molar-refractivity contribution in [2.24, 2.45) is 5.73 Å². The summed E-state index contributed by atoms with van der Waals surface area (Å²) in [6, 6.07) is 8.60. The minimum absolute atomic E-state index is 0.159. The van der Waals surface area contributed by atoms with Crippen LogP contribution in [0.3, 0.4) is 0 Å². The molecule has 1 saturated heterocycles. The van der Waals surface area contributed by atoms with E-state index in [4.69, 9.17) is 15.2 Å². The molecule has 0 saturated carbocycles. The smallest absolute Gasteiger partial charge is 0.119 e. The van der Waals surface area contributed by atoms with Crippen LogP contribution in [-0.4, -0.2) is 44.4 Å². The fourth-order valence-electron chi connectivity index (χ4n) is 2.35. The highest BCUT2D eigenvalue weighted by atomic mass is 16.5. The number of ether oxygens (including phenoxy) is 2. The number of benzene rings is 1. The third-order valence-corrected chi connectivity index (χ3v) is 3.56. The minimum atomic E-state index is 0.159. The summed E-state index contributed by atoms with van der Waals surface area (Å²) < 4.78 is 10.9. The maximum absolute atomic E-state index is 5.68. The van der Waals surface area contributed by atoms with Gasteiger partial charge in [0.1, 0.15) is 5.75 Å². The van der Waals surface area contributed by atoms with E-state index >= 15 is 0 Å². The average molecular weight is 250 g/mol. The number of methoxy groups -OCH3 is 1. The second-order valence-electron chi connectivity index (χ2n) is 4.68. The van der Waals surface area contributed by atoms with Gasteiger partial charge in [0.2, 0.25) is 0 Å². The van der Waals surface area contributed by atoms with E-state index in [9.17, 15) is 0 Å². The normalized spacial score (nSPS) is 22.7. The molecule has 0 spiro atoms. The Morgan fingerprint density at radius 1 is 1.56 bits per heavy atom. The van der Waals surface area contributed by atoms with Gasteiger partial charge in [0.25, 0.3) is 0 Å². The fraction of sp³-hybridized carbons (Fsp3) is 0.571. The third kappa shape index (κ3) is 3.02. The van der Waals surface area contributed by atoms with Crippen molar-refractivity contribution in [3.8, 4) is 5.75 Å². The maximum Gasteiger partial charge on any atom is 0.119 e. The molecule has 0 aromatic heterocycles. The second kappa shape index (κ2) is 6.18. The van der Waals surface area contributed by atoms with Crippen molar-refractivity contribution in [3.05, 3.63) is 29.8 Å². The third-order valence-electron chi connectivity index (χ3n) is 3.56. The van der Waals surface area contributed by atoms with Crippen LogP contribution in [0.4, 0.5) is 0 Å². The molecule has 2 N–H and O–H groups in total. The summed E-state index contributed by atoms with van der Waals surface area (Å²) in [7, 11) is 1.70. The maximum atomic E-state index is 5.68. The Labute approximate surface area is 109 Å². The Bertz CT molecular complexity index is 384. The van der Waals surface area contributed by atoms with Crippen molar-refractivity contribution in [1.82, 2.24) is 4.90 Å². The number of nitrogens with zero attached hydrogens (tertiary/aromatic N) is 1. The van der Waals surface area contributed by atoms with Crippen molar-refractivity contribution in [1.29, 1.82) is 0 Å². The standard InChI is InChI=1S/C14H22N2O2/c1-11(12-4-3-5-13(8-12)17-2)16-6-7-18-14(9-15)10-16/h3-5,8,11,14H,6-7,9-10,15H2,1-2H3. The first-order chi connectivity index (χ1) is 8.74. The number of nitrogens with two attached hydrogens (primary N) is 1. The van der Waals surface area contributed by atoms with E-state index in [-0.39, 0.29) is 6.10 Å². The lowest BCUT2D eigenvalue weighted by molar-refractivity contribution is -0.0364. The van der Waals surface area contributed by atoms with Gasteiger partial charge in [-0.05, 0) is 24.6 Å². The van der Waals surface area contributed by atoms with Crippen molar-refractivity contribution in [2.75, 3.05) is 33.4 Å². The van der Waals surface area contributed by atoms with Crippen LogP contribution >= 0.6 is 0 Å². The van der Waals surface area contributed by atoms with E-state index < -0.39 is 0 Å². The molecule has 2 rings (SSSR count). The second-order valence-corrected chi connectivity index (χ2v) is 4.68. The Kier molecular flexibility index (Phi) is 4.58. The van der Waals surface area contributed by atoms with Gasteiger partial charge in [-0.2, -0.15) is 0 Å². The summed E-state index contributed by atoms with van der Waals surface area (Å²) in [6.45, 7) is 5.41. The summed E-state index contributed by atoms with van der Waals surface area (Å²) in [5.74, 6) is 0.906. The number of rotatable bonds is 4. The quantitative estimate of drug-likeness (QED) is 0.878. The zero-order valence-electron chi connectivity index (χ0n) is 11.1. The highest BCUT2D eigenvalue weighted by Crippen LogP contribution is 2.25. The van der Waals surface area contributed by atoms with Gasteiger partial charge in [0.15, 0.2) is 0 Å². The number of hydrogen-bond donors (Lipinski definition) is 1. The van der Waals surface area contributed by atoms with Crippen LogP contribution in [0.1, 0.15) is 18.5 Å². The molecule has 4 nitrogen and oxygen atoms in total. The Morgan fingerprint density at radius 2 is 2.39 bits per heavy atom. The summed E-state index contributed by atoms with van der Waals surface area (Å²) in [4.78, 5) is 2.41. The SMILES string of the molecule is COc1cccc(C(C)N2CCOC(CN)C2)c1. The Balaban J connectivity index is 2.07. The van der Waals surface area contributed by atoms with E-state index in [1.807, 2.05) is 12.1 Å². The number of hydrogen-bond acceptors (Lipinski definition) is 4. The molecule has 1 aliphatic heterocycles. The lowest BCUT2D eigenvalue weighted by Gasteiger charge is -2.36. The molecule has 2 atom stereocenters. The monoisotopic (exact) mass is 250 g/mol. The fourth-order valence-corrected chi connectivity index (χ4v) is 2.35. The molecule has 100 valence electrons. The first-order valence-corrected chi connectivity index (χ1v) is 6.44. The first-order valence-electron chi connectivity index (χ1n) is 6.44. The summed E-state index contributed by atoms with van der Waals surface area (Å²) in [6.07, 6.45) is 0.159. The molecule has 1 heterocycles. The largest absolute Gasteiger partial charge is 0.497 e. The van der Waals surface area contributed by atoms with Crippen molar-refractivity contribution < 1.29 is 9.47 Å². The zero-order valence-corrected chi connectivity index (χ0v) is 11.1. The predicted molar refractivity (Wildman–Crippen MR) is 71.8 cm³/mol. The van der Waals surface area contributed by atoms with E-state index in [1.54, 1.807) is 7.11 Å². The Morgan fingerprint density at radius 3 is 3.11 bits per heavy atom. The van der Waals surface area contributed by atoms with E-state index in [1.165, 1.54) is 5.56 Å². The van der Waals surface area contributed by atoms with Crippen LogP contribution in [0, 0.1) is 0 Å². The molecule has 0 aliphatic carbocycles. The molecular formula is C14H22N2O2. The molecular weight excluding hydrogens is 228 g/mol.